The van der Waals surface area contributed by atoms with E-state index in [1.165, 1.54) is 30.3 Å². The Morgan fingerprint density at radius 3 is 2.27 bits per heavy atom. The number of carbonyl (C=O) groups is 2. The molecule has 26 heavy (non-hydrogen) atoms. The molecule has 0 radical (unpaired) electrons. The highest BCUT2D eigenvalue weighted by Crippen LogP contribution is 2.19. The quantitative estimate of drug-likeness (QED) is 0.761. The summed E-state index contributed by atoms with van der Waals surface area (Å²) < 4.78 is 27.3. The van der Waals surface area contributed by atoms with Gasteiger partial charge in [-0.2, -0.15) is 0 Å². The lowest BCUT2D eigenvalue weighted by Crippen LogP contribution is -2.51. The Morgan fingerprint density at radius 1 is 0.923 bits per heavy atom. The van der Waals surface area contributed by atoms with Gasteiger partial charge in [-0.1, -0.05) is 22.0 Å². The number of piperazine rings is 1. The monoisotopic (exact) mass is 422 g/mol. The predicted molar refractivity (Wildman–Crippen MR) is 96.7 cm³/mol. The number of nitrogens with zero attached hydrogens (tertiary/aromatic N) is 2. The Morgan fingerprint density at radius 2 is 1.58 bits per heavy atom. The molecule has 7 heteroatoms. The first-order valence-corrected chi connectivity index (χ1v) is 9.00. The maximum atomic E-state index is 13.4. The van der Waals surface area contributed by atoms with Crippen LogP contribution in [-0.4, -0.2) is 47.8 Å². The van der Waals surface area contributed by atoms with E-state index < -0.39 is 5.82 Å². The first kappa shape index (κ1) is 18.5. The van der Waals surface area contributed by atoms with E-state index in [-0.39, 0.29) is 24.1 Å². The third kappa shape index (κ3) is 4.27. The van der Waals surface area contributed by atoms with E-state index in [0.717, 1.165) is 0 Å². The van der Waals surface area contributed by atoms with Crippen molar-refractivity contribution in [3.63, 3.8) is 0 Å². The van der Waals surface area contributed by atoms with Crippen LogP contribution in [0.5, 0.6) is 0 Å². The standard InChI is InChI=1S/C19H17BrF2N2O2/c20-17-5-4-16(22)11-14(17)12-18(25)23-6-8-24(9-7-23)19(26)13-2-1-3-15(21)10-13/h1-5,10-11H,6-9,12H2. The maximum Gasteiger partial charge on any atom is 0.254 e. The van der Waals surface area contributed by atoms with Crippen molar-refractivity contribution in [3.8, 4) is 0 Å². The molecule has 4 nitrogen and oxygen atoms in total. The van der Waals surface area contributed by atoms with Crippen molar-refractivity contribution < 1.29 is 18.4 Å². The van der Waals surface area contributed by atoms with Gasteiger partial charge in [-0.15, -0.1) is 0 Å². The molecular weight excluding hydrogens is 406 g/mol. The van der Waals surface area contributed by atoms with Crippen molar-refractivity contribution in [1.82, 2.24) is 9.80 Å². The van der Waals surface area contributed by atoms with Crippen LogP contribution in [0.3, 0.4) is 0 Å². The Kier molecular flexibility index (Phi) is 5.66. The molecule has 136 valence electrons. The molecule has 1 aliphatic rings. The molecule has 1 heterocycles. The Hall–Kier alpha value is -2.28. The van der Waals surface area contributed by atoms with Crippen molar-refractivity contribution >= 4 is 27.7 Å². The number of rotatable bonds is 3. The van der Waals surface area contributed by atoms with Crippen LogP contribution in [0.2, 0.25) is 0 Å². The number of hydrogen-bond acceptors (Lipinski definition) is 2. The van der Waals surface area contributed by atoms with Crippen molar-refractivity contribution in [2.45, 2.75) is 6.42 Å². The van der Waals surface area contributed by atoms with Gasteiger partial charge >= 0.3 is 0 Å². The highest BCUT2D eigenvalue weighted by molar-refractivity contribution is 9.10. The van der Waals surface area contributed by atoms with E-state index in [9.17, 15) is 18.4 Å². The van der Waals surface area contributed by atoms with Crippen molar-refractivity contribution in [2.24, 2.45) is 0 Å². The number of carbonyl (C=O) groups excluding carboxylic acids is 2. The van der Waals surface area contributed by atoms with Gasteiger partial charge in [0.2, 0.25) is 5.91 Å². The summed E-state index contributed by atoms with van der Waals surface area (Å²) in [5, 5.41) is 0. The average molecular weight is 423 g/mol. The molecule has 0 atom stereocenters. The first-order valence-electron chi connectivity index (χ1n) is 8.20. The molecule has 0 spiro atoms. The largest absolute Gasteiger partial charge is 0.339 e. The topological polar surface area (TPSA) is 40.6 Å². The van der Waals surface area contributed by atoms with Gasteiger partial charge in [-0.3, -0.25) is 9.59 Å². The van der Waals surface area contributed by atoms with Gasteiger partial charge in [0.25, 0.3) is 5.91 Å². The molecule has 3 rings (SSSR count). The smallest absolute Gasteiger partial charge is 0.254 e. The number of amides is 2. The minimum atomic E-state index is -0.453. The lowest BCUT2D eigenvalue weighted by atomic mass is 10.1. The zero-order valence-electron chi connectivity index (χ0n) is 13.9. The summed E-state index contributed by atoms with van der Waals surface area (Å²) in [4.78, 5) is 28.1. The van der Waals surface area contributed by atoms with Gasteiger partial charge in [0.1, 0.15) is 11.6 Å². The fraction of sp³-hybridized carbons (Fsp3) is 0.263. The minimum Gasteiger partial charge on any atom is -0.339 e. The van der Waals surface area contributed by atoms with Crippen LogP contribution in [0.25, 0.3) is 0 Å². The second-order valence-corrected chi connectivity index (χ2v) is 6.95. The fourth-order valence-electron chi connectivity index (χ4n) is 2.92. The molecule has 2 aromatic carbocycles. The van der Waals surface area contributed by atoms with E-state index in [1.807, 2.05) is 0 Å². The Labute approximate surface area is 158 Å². The fourth-order valence-corrected chi connectivity index (χ4v) is 3.30. The summed E-state index contributed by atoms with van der Waals surface area (Å²) in [6.45, 7) is 1.55. The predicted octanol–water partition coefficient (Wildman–Crippen LogP) is 3.25. The second kappa shape index (κ2) is 7.95. The normalized spacial score (nSPS) is 14.4. The highest BCUT2D eigenvalue weighted by Gasteiger charge is 2.25. The molecule has 2 aromatic rings. The van der Waals surface area contributed by atoms with Crippen molar-refractivity contribution in [1.29, 1.82) is 0 Å². The first-order chi connectivity index (χ1) is 12.4. The van der Waals surface area contributed by atoms with E-state index in [1.54, 1.807) is 21.9 Å². The van der Waals surface area contributed by atoms with Crippen LogP contribution >= 0.6 is 15.9 Å². The van der Waals surface area contributed by atoms with Gasteiger partial charge in [0, 0.05) is 36.2 Å². The van der Waals surface area contributed by atoms with Gasteiger partial charge in [-0.25, -0.2) is 8.78 Å². The molecule has 1 saturated heterocycles. The SMILES string of the molecule is O=C(Cc1cc(F)ccc1Br)N1CCN(C(=O)c2cccc(F)c2)CC1. The van der Waals surface area contributed by atoms with Gasteiger partial charge in [-0.05, 0) is 42.0 Å². The average Bonchev–Trinajstić information content (AvgIpc) is 2.64. The second-order valence-electron chi connectivity index (χ2n) is 6.10. The molecular formula is C19H17BrF2N2O2. The summed E-state index contributed by atoms with van der Waals surface area (Å²) in [5.74, 6) is -1.20. The summed E-state index contributed by atoms with van der Waals surface area (Å²) in [6.07, 6.45) is 0.0934. The molecule has 2 amide bonds. The lowest BCUT2D eigenvalue weighted by Gasteiger charge is -2.35. The van der Waals surface area contributed by atoms with Crippen molar-refractivity contribution in [3.05, 3.63) is 69.7 Å². The summed E-state index contributed by atoms with van der Waals surface area (Å²) >= 11 is 3.32. The van der Waals surface area contributed by atoms with Crippen LogP contribution in [0.1, 0.15) is 15.9 Å². The molecule has 0 N–H and O–H groups in total. The molecule has 1 fully saturated rings. The van der Waals surface area contributed by atoms with Gasteiger partial charge < -0.3 is 9.80 Å². The molecule has 0 aliphatic carbocycles. The van der Waals surface area contributed by atoms with E-state index in [0.29, 0.717) is 41.8 Å². The van der Waals surface area contributed by atoms with Gasteiger partial charge in [0.05, 0.1) is 6.42 Å². The zero-order valence-corrected chi connectivity index (χ0v) is 15.5. The molecule has 0 bridgehead atoms. The number of hydrogen-bond donors (Lipinski definition) is 0. The number of benzene rings is 2. The van der Waals surface area contributed by atoms with E-state index in [4.69, 9.17) is 0 Å². The van der Waals surface area contributed by atoms with Crippen LogP contribution in [0.4, 0.5) is 8.78 Å². The van der Waals surface area contributed by atoms with Crippen LogP contribution in [0, 0.1) is 11.6 Å². The lowest BCUT2D eigenvalue weighted by molar-refractivity contribution is -0.131. The summed E-state index contributed by atoms with van der Waals surface area (Å²) in [7, 11) is 0. The zero-order chi connectivity index (χ0) is 18.7. The summed E-state index contributed by atoms with van der Waals surface area (Å²) in [5.41, 5.74) is 0.890. The third-order valence-corrected chi connectivity index (χ3v) is 5.11. The Bertz CT molecular complexity index is 836. The van der Waals surface area contributed by atoms with Crippen LogP contribution in [0.15, 0.2) is 46.9 Å². The molecule has 1 aliphatic heterocycles. The molecule has 0 saturated carbocycles. The van der Waals surface area contributed by atoms with Crippen LogP contribution < -0.4 is 0 Å². The van der Waals surface area contributed by atoms with E-state index >= 15 is 0 Å². The Balaban J connectivity index is 1.58. The maximum absolute atomic E-state index is 13.4. The van der Waals surface area contributed by atoms with Crippen molar-refractivity contribution in [2.75, 3.05) is 26.2 Å². The molecule has 0 unspecified atom stereocenters. The van der Waals surface area contributed by atoms with Gasteiger partial charge in [0.15, 0.2) is 0 Å². The van der Waals surface area contributed by atoms with E-state index in [2.05, 4.69) is 15.9 Å². The van der Waals surface area contributed by atoms with Crippen LogP contribution in [-0.2, 0) is 11.2 Å². The third-order valence-electron chi connectivity index (χ3n) is 4.34. The number of halogens is 3. The molecule has 0 aromatic heterocycles. The summed E-state index contributed by atoms with van der Waals surface area (Å²) in [6, 6.07) is 9.82. The minimum absolute atomic E-state index is 0.0934. The highest BCUT2D eigenvalue weighted by atomic mass is 79.9.